The predicted octanol–water partition coefficient (Wildman–Crippen LogP) is -0.447. The fourth-order valence-electron chi connectivity index (χ4n) is 2.83. The Hall–Kier alpha value is -2.16. The monoisotopic (exact) mass is 379 g/mol. The molecule has 1 aliphatic heterocycles. The number of hydrogen-bond acceptors (Lipinski definition) is 6. The summed E-state index contributed by atoms with van der Waals surface area (Å²) in [5, 5.41) is 15.6. The minimum Gasteiger partial charge on any atom is -0.497 e. The molecule has 0 spiro atoms. The highest BCUT2D eigenvalue weighted by molar-refractivity contribution is 6.35. The lowest BCUT2D eigenvalue weighted by Crippen LogP contribution is -2.48. The van der Waals surface area contributed by atoms with Gasteiger partial charge >= 0.3 is 11.8 Å². The third-order valence-corrected chi connectivity index (χ3v) is 4.40. The number of benzene rings is 1. The molecule has 8 nitrogen and oxygen atoms in total. The van der Waals surface area contributed by atoms with Crippen LogP contribution >= 0.6 is 0 Å². The molecule has 3 N–H and O–H groups in total. The fraction of sp³-hybridized carbons (Fsp3) is 0.579. The summed E-state index contributed by atoms with van der Waals surface area (Å²) in [6.07, 6.45) is 0.343. The van der Waals surface area contributed by atoms with Crippen LogP contribution in [-0.4, -0.2) is 80.5 Å². The van der Waals surface area contributed by atoms with Crippen molar-refractivity contribution in [3.8, 4) is 5.75 Å². The van der Waals surface area contributed by atoms with Gasteiger partial charge < -0.3 is 25.2 Å². The van der Waals surface area contributed by atoms with Crippen LogP contribution in [0.3, 0.4) is 0 Å². The summed E-state index contributed by atoms with van der Waals surface area (Å²) in [5.74, 6) is -0.698. The van der Waals surface area contributed by atoms with E-state index >= 15 is 0 Å². The van der Waals surface area contributed by atoms with Gasteiger partial charge in [-0.25, -0.2) is 0 Å². The Morgan fingerprint density at radius 1 is 1.19 bits per heavy atom. The Balaban J connectivity index is 1.69. The number of aliphatic hydroxyl groups is 1. The number of methoxy groups -OCH3 is 1. The van der Waals surface area contributed by atoms with Crippen molar-refractivity contribution in [3.63, 3.8) is 0 Å². The quantitative estimate of drug-likeness (QED) is 0.529. The molecule has 2 amide bonds. The molecule has 0 saturated carbocycles. The molecule has 1 aliphatic rings. The standard InChI is InChI=1S/C19H29N3O5/c1-19(25,13-15-3-5-16(26-2)6-4-15)14-21-18(24)17(23)20-7-8-22-9-11-27-12-10-22/h3-6,25H,7-14H2,1-2H3,(H,20,23)(H,21,24). The average Bonchev–Trinajstić information content (AvgIpc) is 2.67. The van der Waals surface area contributed by atoms with E-state index in [-0.39, 0.29) is 6.54 Å². The molecule has 1 aromatic rings. The highest BCUT2D eigenvalue weighted by atomic mass is 16.5. The number of nitrogens with zero attached hydrogens (tertiary/aromatic N) is 1. The molecule has 27 heavy (non-hydrogen) atoms. The summed E-state index contributed by atoms with van der Waals surface area (Å²) in [5.41, 5.74) is -0.261. The maximum atomic E-state index is 11.9. The van der Waals surface area contributed by atoms with Gasteiger partial charge in [0.05, 0.1) is 25.9 Å². The molecule has 1 unspecified atom stereocenters. The third kappa shape index (κ3) is 7.54. The Labute approximate surface area is 159 Å². The second-order valence-corrected chi connectivity index (χ2v) is 6.91. The van der Waals surface area contributed by atoms with Crippen molar-refractivity contribution in [2.45, 2.75) is 18.9 Å². The molecule has 2 rings (SSSR count). The molecular weight excluding hydrogens is 350 g/mol. The number of morpholine rings is 1. The zero-order valence-corrected chi connectivity index (χ0v) is 16.0. The van der Waals surface area contributed by atoms with Crippen molar-refractivity contribution in [1.82, 2.24) is 15.5 Å². The third-order valence-electron chi connectivity index (χ3n) is 4.40. The summed E-state index contributed by atoms with van der Waals surface area (Å²) in [4.78, 5) is 26.0. The zero-order valence-electron chi connectivity index (χ0n) is 16.0. The van der Waals surface area contributed by atoms with E-state index < -0.39 is 17.4 Å². The van der Waals surface area contributed by atoms with Gasteiger partial charge in [0.25, 0.3) is 0 Å². The molecule has 1 fully saturated rings. The molecule has 1 atom stereocenters. The van der Waals surface area contributed by atoms with Gasteiger partial charge in [-0.3, -0.25) is 14.5 Å². The van der Waals surface area contributed by atoms with E-state index in [0.29, 0.717) is 32.7 Å². The maximum Gasteiger partial charge on any atom is 0.309 e. The largest absolute Gasteiger partial charge is 0.497 e. The first-order chi connectivity index (χ1) is 12.9. The Bertz CT molecular complexity index is 612. The van der Waals surface area contributed by atoms with Crippen molar-refractivity contribution >= 4 is 11.8 Å². The predicted molar refractivity (Wildman–Crippen MR) is 101 cm³/mol. The van der Waals surface area contributed by atoms with Crippen molar-refractivity contribution in [1.29, 1.82) is 0 Å². The summed E-state index contributed by atoms with van der Waals surface area (Å²) in [6.45, 7) is 5.72. The van der Waals surface area contributed by atoms with Crippen LogP contribution in [0, 0.1) is 0 Å². The molecule has 0 aromatic heterocycles. The smallest absolute Gasteiger partial charge is 0.309 e. The van der Waals surface area contributed by atoms with Crippen molar-refractivity contribution < 1.29 is 24.2 Å². The second-order valence-electron chi connectivity index (χ2n) is 6.91. The number of carbonyl (C=O) groups is 2. The van der Waals surface area contributed by atoms with Crippen LogP contribution in [0.5, 0.6) is 5.75 Å². The number of nitrogens with one attached hydrogen (secondary N) is 2. The van der Waals surface area contributed by atoms with Crippen molar-refractivity contribution in [2.75, 3.05) is 53.0 Å². The van der Waals surface area contributed by atoms with Gasteiger partial charge in [0.1, 0.15) is 5.75 Å². The summed E-state index contributed by atoms with van der Waals surface area (Å²) >= 11 is 0. The molecular formula is C19H29N3O5. The Morgan fingerprint density at radius 3 is 2.44 bits per heavy atom. The van der Waals surface area contributed by atoms with Crippen LogP contribution in [-0.2, 0) is 20.7 Å². The molecule has 0 aliphatic carbocycles. The molecule has 150 valence electrons. The lowest BCUT2D eigenvalue weighted by molar-refractivity contribution is -0.139. The van der Waals surface area contributed by atoms with Crippen LogP contribution in [0.25, 0.3) is 0 Å². The zero-order chi connectivity index (χ0) is 19.7. The Kier molecular flexibility index (Phi) is 8.02. The topological polar surface area (TPSA) is 100 Å². The number of ether oxygens (including phenoxy) is 2. The molecule has 0 bridgehead atoms. The highest BCUT2D eigenvalue weighted by Crippen LogP contribution is 2.16. The van der Waals surface area contributed by atoms with Gasteiger partial charge in [0.2, 0.25) is 0 Å². The van der Waals surface area contributed by atoms with Crippen LogP contribution in [0.2, 0.25) is 0 Å². The number of amides is 2. The SMILES string of the molecule is COc1ccc(CC(C)(O)CNC(=O)C(=O)NCCN2CCOCC2)cc1. The molecule has 1 saturated heterocycles. The van der Waals surface area contributed by atoms with Gasteiger partial charge in [-0.15, -0.1) is 0 Å². The van der Waals surface area contributed by atoms with E-state index in [1.165, 1.54) is 0 Å². The molecule has 0 radical (unpaired) electrons. The number of hydrogen-bond donors (Lipinski definition) is 3. The van der Waals surface area contributed by atoms with Gasteiger partial charge in [-0.1, -0.05) is 12.1 Å². The maximum absolute atomic E-state index is 11.9. The van der Waals surface area contributed by atoms with E-state index in [4.69, 9.17) is 9.47 Å². The van der Waals surface area contributed by atoms with Gasteiger partial charge in [0.15, 0.2) is 0 Å². The van der Waals surface area contributed by atoms with Crippen LogP contribution in [0.4, 0.5) is 0 Å². The second kappa shape index (κ2) is 10.2. The van der Waals surface area contributed by atoms with Crippen molar-refractivity contribution in [2.24, 2.45) is 0 Å². The average molecular weight is 379 g/mol. The van der Waals surface area contributed by atoms with Crippen LogP contribution < -0.4 is 15.4 Å². The Morgan fingerprint density at radius 2 is 1.81 bits per heavy atom. The van der Waals surface area contributed by atoms with Crippen molar-refractivity contribution in [3.05, 3.63) is 29.8 Å². The number of rotatable bonds is 8. The van der Waals surface area contributed by atoms with Gasteiger partial charge in [0, 0.05) is 39.1 Å². The summed E-state index contributed by atoms with van der Waals surface area (Å²) < 4.78 is 10.4. The lowest BCUT2D eigenvalue weighted by Gasteiger charge is -2.26. The van der Waals surface area contributed by atoms with Crippen LogP contribution in [0.1, 0.15) is 12.5 Å². The molecule has 8 heteroatoms. The van der Waals surface area contributed by atoms with E-state index in [1.807, 2.05) is 24.3 Å². The van der Waals surface area contributed by atoms with E-state index in [2.05, 4.69) is 15.5 Å². The minimum atomic E-state index is -1.17. The molecule has 1 heterocycles. The minimum absolute atomic E-state index is 0.0191. The van der Waals surface area contributed by atoms with E-state index in [0.717, 1.165) is 24.4 Å². The number of carbonyl (C=O) groups excluding carboxylic acids is 2. The summed E-state index contributed by atoms with van der Waals surface area (Å²) in [7, 11) is 1.59. The van der Waals surface area contributed by atoms with Gasteiger partial charge in [-0.2, -0.15) is 0 Å². The summed E-state index contributed by atoms with van der Waals surface area (Å²) in [6, 6.07) is 7.33. The van der Waals surface area contributed by atoms with Crippen LogP contribution in [0.15, 0.2) is 24.3 Å². The lowest BCUT2D eigenvalue weighted by atomic mass is 9.96. The van der Waals surface area contributed by atoms with E-state index in [9.17, 15) is 14.7 Å². The highest BCUT2D eigenvalue weighted by Gasteiger charge is 2.24. The first-order valence-electron chi connectivity index (χ1n) is 9.11. The van der Waals surface area contributed by atoms with E-state index in [1.54, 1.807) is 14.0 Å². The fourth-order valence-corrected chi connectivity index (χ4v) is 2.83. The molecule has 1 aromatic carbocycles. The normalized spacial score (nSPS) is 17.0. The van der Waals surface area contributed by atoms with Gasteiger partial charge in [-0.05, 0) is 24.6 Å². The first-order valence-corrected chi connectivity index (χ1v) is 9.11. The first kappa shape index (κ1) is 21.1.